The second-order valence-electron chi connectivity index (χ2n) is 3.91. The summed E-state index contributed by atoms with van der Waals surface area (Å²) in [6, 6.07) is 6.44. The highest BCUT2D eigenvalue weighted by molar-refractivity contribution is 5.75. The maximum absolute atomic E-state index is 10.6. The molecular weight excluding hydrogens is 188 g/mol. The summed E-state index contributed by atoms with van der Waals surface area (Å²) in [6.07, 6.45) is 0. The Morgan fingerprint density at radius 2 is 2.07 bits per heavy atom. The maximum atomic E-state index is 10.6. The average Bonchev–Trinajstić information content (AvgIpc) is 2.18. The third-order valence-electron chi connectivity index (χ3n) is 2.61. The number of rotatable bonds is 4. The van der Waals surface area contributed by atoms with Crippen LogP contribution in [-0.2, 0) is 4.79 Å². The first kappa shape index (κ1) is 11.7. The highest BCUT2D eigenvalue weighted by Crippen LogP contribution is 2.16. The molecule has 0 fully saturated rings. The molecule has 0 bridgehead atoms. The van der Waals surface area contributed by atoms with Gasteiger partial charge >= 0.3 is 0 Å². The Morgan fingerprint density at radius 3 is 2.60 bits per heavy atom. The lowest BCUT2D eigenvalue weighted by Crippen LogP contribution is -2.30. The van der Waals surface area contributed by atoms with E-state index in [2.05, 4.69) is 37.4 Å². The Hall–Kier alpha value is -1.35. The van der Waals surface area contributed by atoms with E-state index in [1.807, 2.05) is 6.92 Å². The van der Waals surface area contributed by atoms with Gasteiger partial charge in [-0.25, -0.2) is 0 Å². The fraction of sp³-hybridized carbons (Fsp3) is 0.417. The summed E-state index contributed by atoms with van der Waals surface area (Å²) in [4.78, 5) is 10.6. The zero-order valence-electron chi connectivity index (χ0n) is 9.50. The topological polar surface area (TPSA) is 55.1 Å². The Bertz CT molecular complexity index is 361. The second kappa shape index (κ2) is 4.94. The molecule has 1 amide bonds. The number of nitrogens with two attached hydrogens (primary N) is 1. The summed E-state index contributed by atoms with van der Waals surface area (Å²) >= 11 is 0. The molecule has 1 aromatic rings. The summed E-state index contributed by atoms with van der Waals surface area (Å²) in [5.41, 5.74) is 8.79. The van der Waals surface area contributed by atoms with Gasteiger partial charge in [0.05, 0.1) is 6.54 Å². The van der Waals surface area contributed by atoms with E-state index in [1.165, 1.54) is 16.7 Å². The van der Waals surface area contributed by atoms with Crippen LogP contribution in [0.4, 0.5) is 0 Å². The van der Waals surface area contributed by atoms with Crippen LogP contribution >= 0.6 is 0 Å². The molecular formula is C12H18N2O. The molecule has 15 heavy (non-hydrogen) atoms. The van der Waals surface area contributed by atoms with Gasteiger partial charge in [0.15, 0.2) is 0 Å². The summed E-state index contributed by atoms with van der Waals surface area (Å²) < 4.78 is 0. The lowest BCUT2D eigenvalue weighted by atomic mass is 10.0. The number of benzene rings is 1. The van der Waals surface area contributed by atoms with E-state index >= 15 is 0 Å². The normalized spacial score (nSPS) is 12.5. The van der Waals surface area contributed by atoms with Crippen molar-refractivity contribution in [3.05, 3.63) is 34.9 Å². The number of carbonyl (C=O) groups is 1. The van der Waals surface area contributed by atoms with Crippen LogP contribution in [0.1, 0.15) is 29.7 Å². The molecule has 1 rings (SSSR count). The van der Waals surface area contributed by atoms with Crippen LogP contribution in [0.5, 0.6) is 0 Å². The molecule has 0 radical (unpaired) electrons. The third kappa shape index (κ3) is 3.36. The number of hydrogen-bond acceptors (Lipinski definition) is 2. The first-order chi connectivity index (χ1) is 7.00. The fourth-order valence-electron chi connectivity index (χ4n) is 1.41. The van der Waals surface area contributed by atoms with Gasteiger partial charge in [0, 0.05) is 6.04 Å². The molecule has 0 heterocycles. The van der Waals surface area contributed by atoms with Crippen molar-refractivity contribution < 1.29 is 4.79 Å². The zero-order chi connectivity index (χ0) is 11.4. The monoisotopic (exact) mass is 206 g/mol. The predicted molar refractivity (Wildman–Crippen MR) is 61.5 cm³/mol. The lowest BCUT2D eigenvalue weighted by Gasteiger charge is -2.14. The zero-order valence-corrected chi connectivity index (χ0v) is 9.50. The molecule has 0 aliphatic heterocycles. The van der Waals surface area contributed by atoms with Gasteiger partial charge in [-0.1, -0.05) is 18.2 Å². The minimum Gasteiger partial charge on any atom is -0.369 e. The number of hydrogen-bond donors (Lipinski definition) is 2. The smallest absolute Gasteiger partial charge is 0.231 e. The minimum atomic E-state index is -0.328. The summed E-state index contributed by atoms with van der Waals surface area (Å²) in [5.74, 6) is -0.328. The summed E-state index contributed by atoms with van der Waals surface area (Å²) in [5, 5.41) is 3.07. The molecule has 3 heteroatoms. The molecule has 0 saturated heterocycles. The Kier molecular flexibility index (Phi) is 3.86. The van der Waals surface area contributed by atoms with Crippen molar-refractivity contribution in [2.75, 3.05) is 6.54 Å². The van der Waals surface area contributed by atoms with Gasteiger partial charge in [-0.2, -0.15) is 0 Å². The largest absolute Gasteiger partial charge is 0.369 e. The van der Waals surface area contributed by atoms with Crippen molar-refractivity contribution in [3.63, 3.8) is 0 Å². The Morgan fingerprint density at radius 1 is 1.40 bits per heavy atom. The van der Waals surface area contributed by atoms with E-state index in [0.717, 1.165) is 0 Å². The van der Waals surface area contributed by atoms with Gasteiger partial charge in [0.1, 0.15) is 0 Å². The highest BCUT2D eigenvalue weighted by Gasteiger charge is 2.06. The first-order valence-electron chi connectivity index (χ1n) is 5.09. The van der Waals surface area contributed by atoms with E-state index in [4.69, 9.17) is 5.73 Å². The average molecular weight is 206 g/mol. The van der Waals surface area contributed by atoms with Gasteiger partial charge in [-0.3, -0.25) is 4.79 Å². The summed E-state index contributed by atoms with van der Waals surface area (Å²) in [7, 11) is 0. The van der Waals surface area contributed by atoms with E-state index in [9.17, 15) is 4.79 Å². The van der Waals surface area contributed by atoms with Crippen molar-refractivity contribution in [1.82, 2.24) is 5.32 Å². The van der Waals surface area contributed by atoms with Gasteiger partial charge in [-0.05, 0) is 37.5 Å². The molecule has 3 N–H and O–H groups in total. The molecule has 82 valence electrons. The number of nitrogens with one attached hydrogen (secondary N) is 1. The van der Waals surface area contributed by atoms with E-state index < -0.39 is 0 Å². The molecule has 0 aliphatic rings. The van der Waals surface area contributed by atoms with Crippen LogP contribution in [0.15, 0.2) is 18.2 Å². The van der Waals surface area contributed by atoms with Crippen LogP contribution in [0.2, 0.25) is 0 Å². The quantitative estimate of drug-likeness (QED) is 0.783. The van der Waals surface area contributed by atoms with E-state index in [-0.39, 0.29) is 18.5 Å². The molecule has 1 aromatic carbocycles. The van der Waals surface area contributed by atoms with Crippen molar-refractivity contribution in [3.8, 4) is 0 Å². The molecule has 1 unspecified atom stereocenters. The van der Waals surface area contributed by atoms with Crippen molar-refractivity contribution in [2.24, 2.45) is 5.73 Å². The highest BCUT2D eigenvalue weighted by atomic mass is 16.1. The fourth-order valence-corrected chi connectivity index (χ4v) is 1.41. The molecule has 3 nitrogen and oxygen atoms in total. The molecule has 1 atom stereocenters. The minimum absolute atomic E-state index is 0.150. The summed E-state index contributed by atoms with van der Waals surface area (Å²) in [6.45, 7) is 6.40. The predicted octanol–water partition coefficient (Wildman–Crippen LogP) is 1.44. The van der Waals surface area contributed by atoms with Crippen LogP contribution in [0.3, 0.4) is 0 Å². The Balaban J connectivity index is 2.69. The van der Waals surface area contributed by atoms with Gasteiger partial charge in [-0.15, -0.1) is 0 Å². The van der Waals surface area contributed by atoms with Crippen molar-refractivity contribution in [2.45, 2.75) is 26.8 Å². The second-order valence-corrected chi connectivity index (χ2v) is 3.91. The van der Waals surface area contributed by atoms with E-state index in [1.54, 1.807) is 0 Å². The van der Waals surface area contributed by atoms with Gasteiger partial charge in [0.25, 0.3) is 0 Å². The number of aryl methyl sites for hydroxylation is 2. The van der Waals surface area contributed by atoms with Gasteiger partial charge in [0.2, 0.25) is 5.91 Å². The Labute approximate surface area is 90.7 Å². The standard InChI is InChI=1S/C12H18N2O/c1-8-4-5-11(6-9(8)2)10(3)14-7-12(13)15/h4-6,10,14H,7H2,1-3H3,(H2,13,15). The number of carbonyl (C=O) groups excluding carboxylic acids is 1. The lowest BCUT2D eigenvalue weighted by molar-refractivity contribution is -0.117. The number of primary amides is 1. The van der Waals surface area contributed by atoms with Crippen molar-refractivity contribution in [1.29, 1.82) is 0 Å². The van der Waals surface area contributed by atoms with Crippen molar-refractivity contribution >= 4 is 5.91 Å². The maximum Gasteiger partial charge on any atom is 0.231 e. The third-order valence-corrected chi connectivity index (χ3v) is 2.61. The van der Waals surface area contributed by atoms with Crippen LogP contribution in [0, 0.1) is 13.8 Å². The van der Waals surface area contributed by atoms with Crippen LogP contribution < -0.4 is 11.1 Å². The first-order valence-corrected chi connectivity index (χ1v) is 5.09. The molecule has 0 aliphatic carbocycles. The van der Waals surface area contributed by atoms with Gasteiger partial charge < -0.3 is 11.1 Å². The SMILES string of the molecule is Cc1ccc(C(C)NCC(N)=O)cc1C. The molecule has 0 saturated carbocycles. The molecule has 0 aromatic heterocycles. The molecule has 0 spiro atoms. The van der Waals surface area contributed by atoms with Crippen LogP contribution in [-0.4, -0.2) is 12.5 Å². The van der Waals surface area contributed by atoms with Crippen LogP contribution in [0.25, 0.3) is 0 Å². The van der Waals surface area contributed by atoms with E-state index in [0.29, 0.717) is 0 Å². The number of amides is 1.